The van der Waals surface area contributed by atoms with Crippen LogP contribution < -0.4 is 0 Å². The normalized spacial score (nSPS) is 16.6. The number of hydrogen-bond acceptors (Lipinski definition) is 6. The SMILES string of the molecule is CCO[Si](C(CC)SSSSC(CC)[Si](OCC)(C(C)(C)C)C(C)(C)C)(C(C)(C)C)C(C)(C)C. The number of rotatable bonds is 13. The fourth-order valence-corrected chi connectivity index (χ4v) is 35.6. The van der Waals surface area contributed by atoms with Gasteiger partial charge < -0.3 is 8.85 Å². The minimum Gasteiger partial charge on any atom is -0.415 e. The zero-order chi connectivity index (χ0) is 27.2. The molecule has 0 saturated carbocycles. The molecule has 0 aliphatic heterocycles. The second-order valence-corrected chi connectivity index (χ2v) is 31.4. The maximum atomic E-state index is 6.86. The van der Waals surface area contributed by atoms with Gasteiger partial charge in [-0.2, -0.15) is 0 Å². The summed E-state index contributed by atoms with van der Waals surface area (Å²) in [6.07, 6.45) is 2.31. The van der Waals surface area contributed by atoms with Crippen molar-refractivity contribution in [1.82, 2.24) is 0 Å². The molecular formula is C26H58O2S4Si2. The van der Waals surface area contributed by atoms with Crippen LogP contribution in [0.2, 0.25) is 20.2 Å². The highest BCUT2D eigenvalue weighted by Gasteiger charge is 2.61. The molecule has 0 radical (unpaired) electrons. The quantitative estimate of drug-likeness (QED) is 0.120. The van der Waals surface area contributed by atoms with Crippen LogP contribution >= 0.6 is 41.2 Å². The summed E-state index contributed by atoms with van der Waals surface area (Å²) in [7, 11) is 3.90. The van der Waals surface area contributed by atoms with E-state index in [1.54, 1.807) is 0 Å². The summed E-state index contributed by atoms with van der Waals surface area (Å²) in [6, 6.07) is 0. The van der Waals surface area contributed by atoms with Gasteiger partial charge in [0.25, 0.3) is 0 Å². The van der Waals surface area contributed by atoms with Gasteiger partial charge in [-0.05, 0) is 66.5 Å². The monoisotopic (exact) mass is 586 g/mol. The summed E-state index contributed by atoms with van der Waals surface area (Å²) < 4.78 is 13.7. The zero-order valence-corrected chi connectivity index (χ0v) is 30.7. The van der Waals surface area contributed by atoms with Crippen molar-refractivity contribution in [3.63, 3.8) is 0 Å². The topological polar surface area (TPSA) is 18.5 Å². The van der Waals surface area contributed by atoms with E-state index in [4.69, 9.17) is 8.85 Å². The molecule has 0 aliphatic rings. The molecule has 2 atom stereocenters. The van der Waals surface area contributed by atoms with Crippen molar-refractivity contribution in [2.45, 2.75) is 154 Å². The van der Waals surface area contributed by atoms with Gasteiger partial charge in [-0.3, -0.25) is 0 Å². The van der Waals surface area contributed by atoms with Crippen molar-refractivity contribution in [2.75, 3.05) is 13.2 Å². The van der Waals surface area contributed by atoms with Gasteiger partial charge in [0.1, 0.15) is 0 Å². The first kappa shape index (κ1) is 35.8. The Morgan fingerprint density at radius 1 is 0.500 bits per heavy atom. The van der Waals surface area contributed by atoms with E-state index >= 15 is 0 Å². The van der Waals surface area contributed by atoms with Crippen LogP contribution in [-0.2, 0) is 8.85 Å². The lowest BCUT2D eigenvalue weighted by atomic mass is 10.2. The molecule has 206 valence electrons. The first-order chi connectivity index (χ1) is 15.2. The molecule has 0 saturated heterocycles. The van der Waals surface area contributed by atoms with Crippen molar-refractivity contribution in [2.24, 2.45) is 0 Å². The van der Waals surface area contributed by atoms with Crippen LogP contribution in [-0.4, -0.2) is 39.6 Å². The first-order valence-corrected chi connectivity index (χ1v) is 22.1. The average Bonchev–Trinajstić information content (AvgIpc) is 2.64. The predicted octanol–water partition coefficient (Wildman–Crippen LogP) is 11.5. The summed E-state index contributed by atoms with van der Waals surface area (Å²) >= 11 is 0. The Balaban J connectivity index is 5.85. The van der Waals surface area contributed by atoms with Crippen LogP contribution in [0, 0.1) is 0 Å². The Morgan fingerprint density at radius 3 is 0.882 bits per heavy atom. The van der Waals surface area contributed by atoms with Crippen LogP contribution in [0.3, 0.4) is 0 Å². The van der Waals surface area contributed by atoms with E-state index in [1.165, 1.54) is 0 Å². The van der Waals surface area contributed by atoms with E-state index < -0.39 is 16.6 Å². The third-order valence-electron chi connectivity index (χ3n) is 7.19. The van der Waals surface area contributed by atoms with E-state index in [9.17, 15) is 0 Å². The van der Waals surface area contributed by atoms with E-state index in [1.807, 2.05) is 19.7 Å². The maximum Gasteiger partial charge on any atom is 0.216 e. The van der Waals surface area contributed by atoms with Gasteiger partial charge in [0.15, 0.2) is 0 Å². The van der Waals surface area contributed by atoms with Crippen molar-refractivity contribution in [3.05, 3.63) is 0 Å². The largest absolute Gasteiger partial charge is 0.415 e. The molecule has 8 heteroatoms. The summed E-state index contributed by atoms with van der Waals surface area (Å²) in [5.74, 6) is 0. The van der Waals surface area contributed by atoms with Crippen LogP contribution in [0.15, 0.2) is 0 Å². The first-order valence-electron chi connectivity index (χ1n) is 13.2. The molecule has 0 aromatic heterocycles. The maximum absolute atomic E-state index is 6.86. The Labute approximate surface area is 232 Å². The summed E-state index contributed by atoms with van der Waals surface area (Å²) in [5, 5.41) is 0.701. The molecule has 0 aliphatic carbocycles. The lowest BCUT2D eigenvalue weighted by Gasteiger charge is -2.54. The second kappa shape index (κ2) is 13.7. The smallest absolute Gasteiger partial charge is 0.216 e. The summed E-state index contributed by atoms with van der Waals surface area (Å²) in [4.78, 5) is 1.09. The molecular weight excluding hydrogens is 529 g/mol. The van der Waals surface area contributed by atoms with Crippen molar-refractivity contribution >= 4 is 57.9 Å². The van der Waals surface area contributed by atoms with Gasteiger partial charge in [-0.25, -0.2) is 0 Å². The van der Waals surface area contributed by atoms with Gasteiger partial charge in [0.05, 0.1) is 0 Å². The molecule has 0 aromatic rings. The highest BCUT2D eigenvalue weighted by molar-refractivity contribution is 9.26. The van der Waals surface area contributed by atoms with Crippen LogP contribution in [0.4, 0.5) is 0 Å². The Bertz CT molecular complexity index is 510. The predicted molar refractivity (Wildman–Crippen MR) is 172 cm³/mol. The molecule has 0 spiro atoms. The van der Waals surface area contributed by atoms with Crippen molar-refractivity contribution in [3.8, 4) is 0 Å². The Hall–Kier alpha value is 1.75. The van der Waals surface area contributed by atoms with Gasteiger partial charge in [-0.1, -0.05) is 119 Å². The molecule has 2 unspecified atom stereocenters. The zero-order valence-electron chi connectivity index (χ0n) is 25.4. The van der Waals surface area contributed by atoms with E-state index in [-0.39, 0.29) is 20.2 Å². The van der Waals surface area contributed by atoms with E-state index in [2.05, 4.69) is 132 Å². The summed E-state index contributed by atoms with van der Waals surface area (Å²) in [5.41, 5.74) is 0. The fraction of sp³-hybridized carbons (Fsp3) is 1.00. The van der Waals surface area contributed by atoms with Crippen molar-refractivity contribution < 1.29 is 8.85 Å². The lowest BCUT2D eigenvalue weighted by Crippen LogP contribution is -2.62. The molecule has 0 N–H and O–H groups in total. The Morgan fingerprint density at radius 2 is 0.735 bits per heavy atom. The highest BCUT2D eigenvalue weighted by Crippen LogP contribution is 2.62. The minimum atomic E-state index is -2.12. The molecule has 0 amide bonds. The van der Waals surface area contributed by atoms with Gasteiger partial charge in [-0.15, -0.1) is 0 Å². The highest BCUT2D eigenvalue weighted by atomic mass is 33.7. The third kappa shape index (κ3) is 7.66. The molecule has 0 heterocycles. The standard InChI is InChI=1S/C26H58O2S4Si2/c1-17-21(33(27-19-3,23(5,6)7)24(8,9)10)29-31-32-30-22(18-2)34(28-20-4,25(11,12)13)26(14,15)16/h21-22H,17-20H2,1-16H3. The van der Waals surface area contributed by atoms with Gasteiger partial charge in [0, 0.05) is 23.0 Å². The van der Waals surface area contributed by atoms with E-state index in [0.717, 1.165) is 26.1 Å². The van der Waals surface area contributed by atoms with Crippen LogP contribution in [0.25, 0.3) is 0 Å². The minimum absolute atomic E-state index is 0.175. The van der Waals surface area contributed by atoms with Gasteiger partial charge >= 0.3 is 0 Å². The average molecular weight is 587 g/mol. The summed E-state index contributed by atoms with van der Waals surface area (Å²) in [6.45, 7) is 39.7. The van der Waals surface area contributed by atoms with Crippen molar-refractivity contribution in [1.29, 1.82) is 0 Å². The van der Waals surface area contributed by atoms with Crippen LogP contribution in [0.1, 0.15) is 124 Å². The molecule has 2 nitrogen and oxygen atoms in total. The molecule has 34 heavy (non-hydrogen) atoms. The number of hydrogen-bond donors (Lipinski definition) is 0. The lowest BCUT2D eigenvalue weighted by molar-refractivity contribution is 0.269. The fourth-order valence-electron chi connectivity index (χ4n) is 6.66. The van der Waals surface area contributed by atoms with Crippen LogP contribution in [0.5, 0.6) is 0 Å². The Kier molecular flexibility index (Phi) is 14.4. The molecule has 0 rings (SSSR count). The van der Waals surface area contributed by atoms with Gasteiger partial charge in [0.2, 0.25) is 16.6 Å². The van der Waals surface area contributed by atoms with E-state index in [0.29, 0.717) is 9.75 Å². The molecule has 0 aromatic carbocycles. The molecule has 0 bridgehead atoms. The molecule has 0 fully saturated rings. The second-order valence-electron chi connectivity index (χ2n) is 13.5. The third-order valence-corrected chi connectivity index (χ3v) is 30.7.